The van der Waals surface area contributed by atoms with Crippen LogP contribution in [0.5, 0.6) is 0 Å². The van der Waals surface area contributed by atoms with Crippen LogP contribution in [0.3, 0.4) is 0 Å². The zero-order valence-corrected chi connectivity index (χ0v) is 15.1. The average Bonchev–Trinajstić information content (AvgIpc) is 3.09. The number of halogens is 2. The van der Waals surface area contributed by atoms with E-state index >= 15 is 0 Å². The number of fused-ring (bicyclic) bond motifs is 3. The van der Waals surface area contributed by atoms with Gasteiger partial charge < -0.3 is 4.90 Å². The van der Waals surface area contributed by atoms with E-state index in [4.69, 9.17) is 0 Å². The van der Waals surface area contributed by atoms with Gasteiger partial charge in [-0.05, 0) is 70.7 Å². The van der Waals surface area contributed by atoms with E-state index in [0.717, 1.165) is 20.8 Å². The van der Waals surface area contributed by atoms with Crippen molar-refractivity contribution in [2.24, 2.45) is 0 Å². The zero-order valence-electron chi connectivity index (χ0n) is 11.9. The largest absolute Gasteiger partial charge is 0.337 e. The highest BCUT2D eigenvalue weighted by atomic mass is 79.9. The molecule has 2 nitrogen and oxygen atoms in total. The number of carbonyl (C=O) groups excluding carboxylic acids is 1. The number of carbonyl (C=O) groups is 1. The Morgan fingerprint density at radius 3 is 2.59 bits per heavy atom. The molecule has 0 saturated heterocycles. The summed E-state index contributed by atoms with van der Waals surface area (Å²) in [6.07, 6.45) is 4.61. The lowest BCUT2D eigenvalue weighted by molar-refractivity contribution is 0.112. The standard InChI is InChI=1S/C18H15Br2NO/c19-12-4-6-13(7-5-12)21-17-3-1-2-14(17)15-8-11(10-22)9-16(20)18(15)21/h4-10,14,17H,1-3H2. The van der Waals surface area contributed by atoms with Gasteiger partial charge in [0.05, 0.1) is 5.69 Å². The molecule has 4 heteroatoms. The first kappa shape index (κ1) is 14.5. The summed E-state index contributed by atoms with van der Waals surface area (Å²) in [6, 6.07) is 13.0. The second kappa shape index (κ2) is 5.50. The third kappa shape index (κ3) is 2.16. The quantitative estimate of drug-likeness (QED) is 0.571. The van der Waals surface area contributed by atoms with Crippen molar-refractivity contribution >= 4 is 49.5 Å². The van der Waals surface area contributed by atoms with Gasteiger partial charge in [0.2, 0.25) is 0 Å². The molecular formula is C18H15Br2NO. The topological polar surface area (TPSA) is 20.3 Å². The first-order valence-corrected chi connectivity index (χ1v) is 9.11. The summed E-state index contributed by atoms with van der Waals surface area (Å²) in [4.78, 5) is 13.7. The molecule has 0 N–H and O–H groups in total. The summed E-state index contributed by atoms with van der Waals surface area (Å²) in [6.45, 7) is 0. The predicted octanol–water partition coefficient (Wildman–Crippen LogP) is 5.81. The fraction of sp³-hybridized carbons (Fsp3) is 0.278. The van der Waals surface area contributed by atoms with Gasteiger partial charge in [-0.3, -0.25) is 4.79 Å². The highest BCUT2D eigenvalue weighted by Gasteiger charge is 2.43. The van der Waals surface area contributed by atoms with Gasteiger partial charge >= 0.3 is 0 Å². The van der Waals surface area contributed by atoms with Crippen LogP contribution in [-0.2, 0) is 0 Å². The summed E-state index contributed by atoms with van der Waals surface area (Å²) in [5.41, 5.74) is 4.54. The van der Waals surface area contributed by atoms with E-state index in [1.807, 2.05) is 6.07 Å². The Morgan fingerprint density at radius 1 is 1.09 bits per heavy atom. The lowest BCUT2D eigenvalue weighted by Gasteiger charge is -2.28. The van der Waals surface area contributed by atoms with Crippen molar-refractivity contribution in [3.63, 3.8) is 0 Å². The van der Waals surface area contributed by atoms with Gasteiger partial charge in [0.15, 0.2) is 0 Å². The van der Waals surface area contributed by atoms with Crippen LogP contribution >= 0.6 is 31.9 Å². The second-order valence-corrected chi connectivity index (χ2v) is 7.78. The van der Waals surface area contributed by atoms with Gasteiger partial charge in [-0.2, -0.15) is 0 Å². The van der Waals surface area contributed by atoms with Crippen LogP contribution in [0.2, 0.25) is 0 Å². The van der Waals surface area contributed by atoms with E-state index in [-0.39, 0.29) is 0 Å². The van der Waals surface area contributed by atoms with E-state index in [9.17, 15) is 4.79 Å². The van der Waals surface area contributed by atoms with Crippen molar-refractivity contribution in [3.8, 4) is 0 Å². The Hall–Kier alpha value is -1.13. The maximum atomic E-state index is 11.2. The molecule has 0 radical (unpaired) electrons. The molecule has 22 heavy (non-hydrogen) atoms. The molecule has 2 atom stereocenters. The van der Waals surface area contributed by atoms with Crippen LogP contribution in [0.25, 0.3) is 0 Å². The Balaban J connectivity index is 1.90. The summed E-state index contributed by atoms with van der Waals surface area (Å²) in [5.74, 6) is 0.537. The van der Waals surface area contributed by atoms with Crippen LogP contribution in [0, 0.1) is 0 Å². The maximum absolute atomic E-state index is 11.2. The Bertz CT molecular complexity index is 741. The molecule has 1 heterocycles. The second-order valence-electron chi connectivity index (χ2n) is 6.01. The Labute approximate surface area is 146 Å². The zero-order chi connectivity index (χ0) is 15.3. The normalized spacial score (nSPS) is 22.5. The molecule has 0 aromatic heterocycles. The van der Waals surface area contributed by atoms with E-state index < -0.39 is 0 Å². The first-order chi connectivity index (χ1) is 10.7. The molecule has 1 aliphatic heterocycles. The van der Waals surface area contributed by atoms with Crippen LogP contribution in [0.1, 0.15) is 41.1 Å². The molecule has 0 amide bonds. The third-order valence-electron chi connectivity index (χ3n) is 4.81. The maximum Gasteiger partial charge on any atom is 0.150 e. The fourth-order valence-electron chi connectivity index (χ4n) is 3.95. The highest BCUT2D eigenvalue weighted by molar-refractivity contribution is 9.10. The number of aldehydes is 1. The molecule has 4 rings (SSSR count). The number of anilines is 2. The number of nitrogens with zero attached hydrogens (tertiary/aromatic N) is 1. The van der Waals surface area contributed by atoms with Gasteiger partial charge in [0, 0.05) is 32.2 Å². The molecule has 2 aliphatic rings. The molecule has 112 valence electrons. The number of rotatable bonds is 2. The van der Waals surface area contributed by atoms with Gasteiger partial charge in [0.1, 0.15) is 6.29 Å². The van der Waals surface area contributed by atoms with E-state index in [0.29, 0.717) is 12.0 Å². The third-order valence-corrected chi connectivity index (χ3v) is 5.94. The van der Waals surface area contributed by atoms with Crippen LogP contribution in [0.15, 0.2) is 45.3 Å². The molecule has 1 fully saturated rings. The molecular weight excluding hydrogens is 406 g/mol. The summed E-state index contributed by atoms with van der Waals surface area (Å²) < 4.78 is 2.11. The Morgan fingerprint density at radius 2 is 1.86 bits per heavy atom. The first-order valence-electron chi connectivity index (χ1n) is 7.52. The van der Waals surface area contributed by atoms with Gasteiger partial charge in [-0.1, -0.05) is 22.4 Å². The fourth-order valence-corrected chi connectivity index (χ4v) is 4.90. The molecule has 2 aromatic rings. The van der Waals surface area contributed by atoms with Crippen molar-refractivity contribution in [1.29, 1.82) is 0 Å². The minimum absolute atomic E-state index is 0.509. The molecule has 1 aliphatic carbocycles. The predicted molar refractivity (Wildman–Crippen MR) is 96.2 cm³/mol. The van der Waals surface area contributed by atoms with Gasteiger partial charge in [-0.15, -0.1) is 0 Å². The lowest BCUT2D eigenvalue weighted by Crippen LogP contribution is -2.26. The van der Waals surface area contributed by atoms with Gasteiger partial charge in [0.25, 0.3) is 0 Å². The van der Waals surface area contributed by atoms with Crippen molar-refractivity contribution in [3.05, 3.63) is 56.5 Å². The molecule has 2 unspecified atom stereocenters. The molecule has 2 aromatic carbocycles. The van der Waals surface area contributed by atoms with E-state index in [1.165, 1.54) is 36.2 Å². The monoisotopic (exact) mass is 419 g/mol. The number of hydrogen-bond acceptors (Lipinski definition) is 2. The lowest BCUT2D eigenvalue weighted by atomic mass is 9.96. The minimum atomic E-state index is 0.509. The van der Waals surface area contributed by atoms with Crippen LogP contribution in [0.4, 0.5) is 11.4 Å². The summed E-state index contributed by atoms with van der Waals surface area (Å²) in [7, 11) is 0. The molecule has 1 saturated carbocycles. The summed E-state index contributed by atoms with van der Waals surface area (Å²) in [5, 5.41) is 0. The summed E-state index contributed by atoms with van der Waals surface area (Å²) >= 11 is 7.20. The minimum Gasteiger partial charge on any atom is -0.337 e. The van der Waals surface area contributed by atoms with E-state index in [1.54, 1.807) is 0 Å². The van der Waals surface area contributed by atoms with Crippen LogP contribution in [-0.4, -0.2) is 12.3 Å². The molecule has 0 bridgehead atoms. The van der Waals surface area contributed by atoms with Crippen molar-refractivity contribution in [1.82, 2.24) is 0 Å². The number of benzene rings is 2. The van der Waals surface area contributed by atoms with E-state index in [2.05, 4.69) is 67.1 Å². The van der Waals surface area contributed by atoms with Crippen molar-refractivity contribution in [2.45, 2.75) is 31.2 Å². The van der Waals surface area contributed by atoms with Crippen LogP contribution < -0.4 is 4.90 Å². The SMILES string of the molecule is O=Cc1cc(Br)c2c(c1)C1CCCC1N2c1ccc(Br)cc1. The van der Waals surface area contributed by atoms with Crippen molar-refractivity contribution < 1.29 is 4.79 Å². The molecule has 0 spiro atoms. The number of hydrogen-bond donors (Lipinski definition) is 0. The highest BCUT2D eigenvalue weighted by Crippen LogP contribution is 2.54. The Kier molecular flexibility index (Phi) is 3.61. The average molecular weight is 421 g/mol. The smallest absolute Gasteiger partial charge is 0.150 e. The van der Waals surface area contributed by atoms with Crippen molar-refractivity contribution in [2.75, 3.05) is 4.90 Å². The van der Waals surface area contributed by atoms with Gasteiger partial charge in [-0.25, -0.2) is 0 Å².